The standard InChI is InChI=1S/C17H23F3N2O5S/c1-16(2,3)27-15(23)21-12-8-10-22(11-9-12)28(24,25)14-6-4-13(5-7-14)26-17(18,19)20/h4-7,12H,8-11H2,1-3H3,(H,21,23). The Morgan fingerprint density at radius 1 is 1.11 bits per heavy atom. The number of hydrogen-bond acceptors (Lipinski definition) is 5. The Morgan fingerprint density at radius 3 is 2.11 bits per heavy atom. The van der Waals surface area contributed by atoms with Gasteiger partial charge in [-0.1, -0.05) is 0 Å². The lowest BCUT2D eigenvalue weighted by Crippen LogP contribution is -2.47. The number of halogens is 3. The highest BCUT2D eigenvalue weighted by atomic mass is 32.2. The molecule has 1 aromatic rings. The second-order valence-electron chi connectivity index (χ2n) is 7.34. The topological polar surface area (TPSA) is 84.9 Å². The number of alkyl carbamates (subject to hydrolysis) is 1. The molecule has 1 aromatic carbocycles. The summed E-state index contributed by atoms with van der Waals surface area (Å²) in [4.78, 5) is 11.7. The number of nitrogens with one attached hydrogen (secondary N) is 1. The number of nitrogens with zero attached hydrogens (tertiary/aromatic N) is 1. The Balaban J connectivity index is 1.94. The lowest BCUT2D eigenvalue weighted by Gasteiger charge is -2.32. The first-order valence-corrected chi connectivity index (χ1v) is 10.1. The summed E-state index contributed by atoms with van der Waals surface area (Å²) in [5, 5.41) is 2.71. The van der Waals surface area contributed by atoms with E-state index in [1.54, 1.807) is 20.8 Å². The summed E-state index contributed by atoms with van der Waals surface area (Å²) in [7, 11) is -3.85. The van der Waals surface area contributed by atoms with Crippen molar-refractivity contribution in [3.05, 3.63) is 24.3 Å². The Hall–Kier alpha value is -2.01. The van der Waals surface area contributed by atoms with Crippen LogP contribution in [-0.2, 0) is 14.8 Å². The van der Waals surface area contributed by atoms with Gasteiger partial charge in [-0.2, -0.15) is 4.31 Å². The fourth-order valence-corrected chi connectivity index (χ4v) is 4.15. The smallest absolute Gasteiger partial charge is 0.444 e. The van der Waals surface area contributed by atoms with Crippen LogP contribution in [0.25, 0.3) is 0 Å². The maximum Gasteiger partial charge on any atom is 0.573 e. The number of hydrogen-bond donors (Lipinski definition) is 1. The second-order valence-corrected chi connectivity index (χ2v) is 9.28. The lowest BCUT2D eigenvalue weighted by molar-refractivity contribution is -0.274. The van der Waals surface area contributed by atoms with Crippen molar-refractivity contribution < 1.29 is 35.9 Å². The van der Waals surface area contributed by atoms with E-state index < -0.39 is 33.8 Å². The predicted molar refractivity (Wildman–Crippen MR) is 94.3 cm³/mol. The molecule has 1 fully saturated rings. The molecule has 2 rings (SSSR count). The van der Waals surface area contributed by atoms with Gasteiger partial charge in [0.1, 0.15) is 11.4 Å². The van der Waals surface area contributed by atoms with Crippen molar-refractivity contribution in [2.24, 2.45) is 0 Å². The van der Waals surface area contributed by atoms with Crippen molar-refractivity contribution in [3.63, 3.8) is 0 Å². The van der Waals surface area contributed by atoms with Crippen molar-refractivity contribution in [3.8, 4) is 5.75 Å². The first kappa shape index (κ1) is 22.3. The average molecular weight is 424 g/mol. The Morgan fingerprint density at radius 2 is 1.64 bits per heavy atom. The summed E-state index contributed by atoms with van der Waals surface area (Å²) in [6.07, 6.45) is -4.61. The molecule has 0 saturated carbocycles. The third kappa shape index (κ3) is 6.55. The summed E-state index contributed by atoms with van der Waals surface area (Å²) < 4.78 is 72.0. The van der Waals surface area contributed by atoms with Gasteiger partial charge in [0, 0.05) is 19.1 Å². The fraction of sp³-hybridized carbons (Fsp3) is 0.588. The molecule has 0 aliphatic carbocycles. The first-order valence-electron chi connectivity index (χ1n) is 8.62. The van der Waals surface area contributed by atoms with Gasteiger partial charge >= 0.3 is 12.5 Å². The predicted octanol–water partition coefficient (Wildman–Crippen LogP) is 3.26. The summed E-state index contributed by atoms with van der Waals surface area (Å²) in [5.41, 5.74) is -0.629. The number of piperidine rings is 1. The first-order chi connectivity index (χ1) is 12.8. The highest BCUT2D eigenvalue weighted by Crippen LogP contribution is 2.26. The molecule has 158 valence electrons. The number of amides is 1. The molecule has 0 spiro atoms. The van der Waals surface area contributed by atoms with Crippen LogP contribution in [0.2, 0.25) is 0 Å². The summed E-state index contributed by atoms with van der Waals surface area (Å²) in [6.45, 7) is 5.57. The molecule has 0 radical (unpaired) electrons. The fourth-order valence-electron chi connectivity index (χ4n) is 2.68. The van der Waals surface area contributed by atoms with Crippen LogP contribution in [0.1, 0.15) is 33.6 Å². The van der Waals surface area contributed by atoms with E-state index in [-0.39, 0.29) is 24.0 Å². The molecular weight excluding hydrogens is 401 g/mol. The number of carbonyl (C=O) groups is 1. The molecule has 0 atom stereocenters. The summed E-state index contributed by atoms with van der Waals surface area (Å²) >= 11 is 0. The number of ether oxygens (including phenoxy) is 2. The van der Waals surface area contributed by atoms with Gasteiger partial charge in [0.25, 0.3) is 0 Å². The lowest BCUT2D eigenvalue weighted by atomic mass is 10.1. The monoisotopic (exact) mass is 424 g/mol. The molecule has 1 aliphatic heterocycles. The molecule has 1 aliphatic rings. The molecule has 28 heavy (non-hydrogen) atoms. The molecule has 1 amide bonds. The zero-order chi connectivity index (χ0) is 21.2. The number of alkyl halides is 3. The Bertz CT molecular complexity index is 780. The average Bonchev–Trinajstić information content (AvgIpc) is 2.52. The van der Waals surface area contributed by atoms with Gasteiger partial charge in [0.05, 0.1) is 4.90 Å². The van der Waals surface area contributed by atoms with E-state index in [1.165, 1.54) is 4.31 Å². The van der Waals surface area contributed by atoms with E-state index in [2.05, 4.69) is 10.1 Å². The zero-order valence-corrected chi connectivity index (χ0v) is 16.6. The van der Waals surface area contributed by atoms with E-state index in [0.29, 0.717) is 12.8 Å². The van der Waals surface area contributed by atoms with Crippen LogP contribution in [-0.4, -0.2) is 49.9 Å². The van der Waals surface area contributed by atoms with E-state index in [9.17, 15) is 26.4 Å². The van der Waals surface area contributed by atoms with E-state index >= 15 is 0 Å². The molecular formula is C17H23F3N2O5S. The molecule has 0 aromatic heterocycles. The Kier molecular flexibility index (Phi) is 6.49. The normalized spacial score (nSPS) is 17.2. The molecule has 7 nitrogen and oxygen atoms in total. The number of sulfonamides is 1. The van der Waals surface area contributed by atoms with Gasteiger partial charge in [-0.25, -0.2) is 13.2 Å². The molecule has 0 unspecified atom stereocenters. The maximum absolute atomic E-state index is 12.7. The highest BCUT2D eigenvalue weighted by molar-refractivity contribution is 7.89. The van der Waals surface area contributed by atoms with E-state index in [4.69, 9.17) is 4.74 Å². The van der Waals surface area contributed by atoms with Crippen LogP contribution in [0.5, 0.6) is 5.75 Å². The largest absolute Gasteiger partial charge is 0.573 e. The zero-order valence-electron chi connectivity index (χ0n) is 15.7. The van der Waals surface area contributed by atoms with Gasteiger partial charge in [-0.3, -0.25) is 0 Å². The van der Waals surface area contributed by atoms with E-state index in [1.807, 2.05) is 0 Å². The maximum atomic E-state index is 12.7. The third-order valence-corrected chi connectivity index (χ3v) is 5.78. The third-order valence-electron chi connectivity index (χ3n) is 3.87. The van der Waals surface area contributed by atoms with Crippen LogP contribution < -0.4 is 10.1 Å². The molecule has 1 N–H and O–H groups in total. The quantitative estimate of drug-likeness (QED) is 0.802. The molecule has 1 saturated heterocycles. The minimum atomic E-state index is -4.84. The summed E-state index contributed by atoms with van der Waals surface area (Å²) in [5.74, 6) is -0.494. The SMILES string of the molecule is CC(C)(C)OC(=O)NC1CCN(S(=O)(=O)c2ccc(OC(F)(F)F)cc2)CC1. The Labute approximate surface area is 161 Å². The van der Waals surface area contributed by atoms with Crippen molar-refractivity contribution in [2.75, 3.05) is 13.1 Å². The number of rotatable bonds is 4. The van der Waals surface area contributed by atoms with Crippen LogP contribution >= 0.6 is 0 Å². The number of benzene rings is 1. The van der Waals surface area contributed by atoms with Crippen LogP contribution in [0.3, 0.4) is 0 Å². The van der Waals surface area contributed by atoms with Crippen molar-refractivity contribution in [2.45, 2.75) is 56.5 Å². The van der Waals surface area contributed by atoms with Gasteiger partial charge in [-0.15, -0.1) is 13.2 Å². The number of carbonyl (C=O) groups excluding carboxylic acids is 1. The molecule has 0 bridgehead atoms. The van der Waals surface area contributed by atoms with Crippen LogP contribution in [0.4, 0.5) is 18.0 Å². The minimum Gasteiger partial charge on any atom is -0.444 e. The van der Waals surface area contributed by atoms with Crippen LogP contribution in [0, 0.1) is 0 Å². The highest BCUT2D eigenvalue weighted by Gasteiger charge is 2.33. The summed E-state index contributed by atoms with van der Waals surface area (Å²) in [6, 6.07) is 3.83. The van der Waals surface area contributed by atoms with Gasteiger partial charge in [0.15, 0.2) is 0 Å². The van der Waals surface area contributed by atoms with Crippen molar-refractivity contribution in [1.82, 2.24) is 9.62 Å². The van der Waals surface area contributed by atoms with Gasteiger partial charge < -0.3 is 14.8 Å². The molecule has 11 heteroatoms. The van der Waals surface area contributed by atoms with Gasteiger partial charge in [-0.05, 0) is 57.9 Å². The van der Waals surface area contributed by atoms with Crippen LogP contribution in [0.15, 0.2) is 29.2 Å². The van der Waals surface area contributed by atoms with Crippen molar-refractivity contribution >= 4 is 16.1 Å². The van der Waals surface area contributed by atoms with Gasteiger partial charge in [0.2, 0.25) is 10.0 Å². The van der Waals surface area contributed by atoms with Crippen molar-refractivity contribution in [1.29, 1.82) is 0 Å². The second kappa shape index (κ2) is 8.16. The molecule has 1 heterocycles. The minimum absolute atomic E-state index is 0.124. The van der Waals surface area contributed by atoms with E-state index in [0.717, 1.165) is 24.3 Å².